The van der Waals surface area contributed by atoms with Gasteiger partial charge in [0.15, 0.2) is 0 Å². The fraction of sp³-hybridized carbons (Fsp3) is 0.500. The van der Waals surface area contributed by atoms with Crippen LogP contribution in [0.15, 0.2) is 18.2 Å². The number of aliphatic hydroxyl groups excluding tert-OH is 1. The summed E-state index contributed by atoms with van der Waals surface area (Å²) in [7, 11) is 0. The van der Waals surface area contributed by atoms with Gasteiger partial charge in [0, 0.05) is 5.69 Å². The highest BCUT2D eigenvalue weighted by molar-refractivity contribution is 5.89. The van der Waals surface area contributed by atoms with E-state index in [4.69, 9.17) is 5.11 Å². The number of aromatic carboxylic acids is 1. The molecular weight excluding hydrogens is 230 g/mol. The average molecular weight is 249 g/mol. The Hall–Kier alpha value is -1.55. The van der Waals surface area contributed by atoms with E-state index >= 15 is 0 Å². The zero-order chi connectivity index (χ0) is 13.1. The van der Waals surface area contributed by atoms with Crippen LogP contribution in [0.5, 0.6) is 0 Å². The molecule has 1 fully saturated rings. The monoisotopic (exact) mass is 249 g/mol. The van der Waals surface area contributed by atoms with E-state index < -0.39 is 5.97 Å². The molecule has 4 heteroatoms. The van der Waals surface area contributed by atoms with Crippen LogP contribution in [0.4, 0.5) is 5.69 Å². The minimum Gasteiger partial charge on any atom is -0.478 e. The Morgan fingerprint density at radius 3 is 2.67 bits per heavy atom. The van der Waals surface area contributed by atoms with Crippen molar-refractivity contribution in [1.82, 2.24) is 0 Å². The van der Waals surface area contributed by atoms with Crippen LogP contribution in [0.2, 0.25) is 0 Å². The first kappa shape index (κ1) is 12.9. The molecule has 0 heterocycles. The van der Waals surface area contributed by atoms with Gasteiger partial charge in [-0.3, -0.25) is 0 Å². The van der Waals surface area contributed by atoms with Crippen LogP contribution in [0.3, 0.4) is 0 Å². The summed E-state index contributed by atoms with van der Waals surface area (Å²) in [4.78, 5) is 10.9. The van der Waals surface area contributed by atoms with Gasteiger partial charge in [-0.15, -0.1) is 0 Å². The molecule has 2 atom stereocenters. The van der Waals surface area contributed by atoms with Crippen LogP contribution in [-0.2, 0) is 0 Å². The van der Waals surface area contributed by atoms with Gasteiger partial charge in [0.2, 0.25) is 0 Å². The normalized spacial score (nSPS) is 23.7. The number of hydrogen-bond donors (Lipinski definition) is 3. The van der Waals surface area contributed by atoms with E-state index in [-0.39, 0.29) is 12.1 Å². The van der Waals surface area contributed by atoms with Crippen molar-refractivity contribution < 1.29 is 15.0 Å². The van der Waals surface area contributed by atoms with Gasteiger partial charge in [-0.05, 0) is 43.5 Å². The Morgan fingerprint density at radius 2 is 2.06 bits per heavy atom. The molecule has 0 aromatic heterocycles. The van der Waals surface area contributed by atoms with Gasteiger partial charge in [-0.25, -0.2) is 4.79 Å². The third-order valence-electron chi connectivity index (χ3n) is 3.54. The van der Waals surface area contributed by atoms with Crippen molar-refractivity contribution in [3.63, 3.8) is 0 Å². The molecule has 98 valence electrons. The minimum atomic E-state index is -0.906. The third-order valence-corrected chi connectivity index (χ3v) is 3.54. The average Bonchev–Trinajstić information content (AvgIpc) is 2.32. The number of hydrogen-bond acceptors (Lipinski definition) is 3. The molecule has 0 aliphatic heterocycles. The van der Waals surface area contributed by atoms with Crippen molar-refractivity contribution in [2.75, 3.05) is 5.32 Å². The first-order valence-electron chi connectivity index (χ1n) is 6.36. The first-order chi connectivity index (χ1) is 8.58. The summed E-state index contributed by atoms with van der Waals surface area (Å²) in [6.45, 7) is 1.78. The highest BCUT2D eigenvalue weighted by atomic mass is 16.4. The summed E-state index contributed by atoms with van der Waals surface area (Å²) < 4.78 is 0. The lowest BCUT2D eigenvalue weighted by Crippen LogP contribution is -2.36. The van der Waals surface area contributed by atoms with Gasteiger partial charge >= 0.3 is 5.97 Å². The topological polar surface area (TPSA) is 69.6 Å². The van der Waals surface area contributed by atoms with Gasteiger partial charge in [-0.1, -0.05) is 12.8 Å². The molecule has 2 unspecified atom stereocenters. The molecule has 0 amide bonds. The molecule has 1 aromatic carbocycles. The van der Waals surface area contributed by atoms with Gasteiger partial charge in [0.05, 0.1) is 17.7 Å². The Balaban J connectivity index is 2.10. The molecule has 0 bridgehead atoms. The van der Waals surface area contributed by atoms with Crippen molar-refractivity contribution >= 4 is 11.7 Å². The smallest absolute Gasteiger partial charge is 0.335 e. The number of aliphatic hydroxyl groups is 1. The standard InChI is InChI=1S/C14H19NO3/c1-9-8-10(6-7-11(9)14(17)18)15-12-4-2-3-5-13(12)16/h6-8,12-13,15-16H,2-5H2,1H3,(H,17,18). The molecular formula is C14H19NO3. The van der Waals surface area contributed by atoms with Crippen LogP contribution in [0, 0.1) is 6.92 Å². The van der Waals surface area contributed by atoms with Gasteiger partial charge in [0.1, 0.15) is 0 Å². The highest BCUT2D eigenvalue weighted by Crippen LogP contribution is 2.23. The summed E-state index contributed by atoms with van der Waals surface area (Å²) in [5.41, 5.74) is 1.94. The summed E-state index contributed by atoms with van der Waals surface area (Å²) in [5.74, 6) is -0.906. The SMILES string of the molecule is Cc1cc(NC2CCCCC2O)ccc1C(=O)O. The molecule has 3 N–H and O–H groups in total. The molecule has 4 nitrogen and oxygen atoms in total. The number of aryl methyl sites for hydroxylation is 1. The molecule has 1 saturated carbocycles. The summed E-state index contributed by atoms with van der Waals surface area (Å²) in [6, 6.07) is 5.27. The minimum absolute atomic E-state index is 0.0776. The van der Waals surface area contributed by atoms with E-state index in [0.29, 0.717) is 5.56 Å². The maximum absolute atomic E-state index is 10.9. The lowest BCUT2D eigenvalue weighted by molar-refractivity contribution is 0.0696. The van der Waals surface area contributed by atoms with E-state index in [2.05, 4.69) is 5.32 Å². The van der Waals surface area contributed by atoms with Crippen LogP contribution >= 0.6 is 0 Å². The summed E-state index contributed by atoms with van der Waals surface area (Å²) >= 11 is 0. The number of benzene rings is 1. The van der Waals surface area contributed by atoms with Crippen molar-refractivity contribution in [2.45, 2.75) is 44.8 Å². The van der Waals surface area contributed by atoms with Crippen LogP contribution in [0.1, 0.15) is 41.6 Å². The summed E-state index contributed by atoms with van der Waals surface area (Å²) in [6.07, 6.45) is 3.69. The predicted octanol–water partition coefficient (Wildman–Crippen LogP) is 2.41. The van der Waals surface area contributed by atoms with E-state index in [1.54, 1.807) is 19.1 Å². The van der Waals surface area contributed by atoms with Gasteiger partial charge in [0.25, 0.3) is 0 Å². The zero-order valence-electron chi connectivity index (χ0n) is 10.5. The van der Waals surface area contributed by atoms with Crippen molar-refractivity contribution in [1.29, 1.82) is 0 Å². The predicted molar refractivity (Wildman–Crippen MR) is 70.0 cm³/mol. The van der Waals surface area contributed by atoms with E-state index in [1.807, 2.05) is 6.07 Å². The van der Waals surface area contributed by atoms with Crippen molar-refractivity contribution in [2.24, 2.45) is 0 Å². The van der Waals surface area contributed by atoms with E-state index in [0.717, 1.165) is 36.9 Å². The van der Waals surface area contributed by atoms with Gasteiger partial charge < -0.3 is 15.5 Å². The Labute approximate surface area is 107 Å². The van der Waals surface area contributed by atoms with Crippen LogP contribution in [-0.4, -0.2) is 28.3 Å². The fourth-order valence-electron chi connectivity index (χ4n) is 2.49. The maximum Gasteiger partial charge on any atom is 0.335 e. The van der Waals surface area contributed by atoms with Crippen LogP contribution in [0.25, 0.3) is 0 Å². The molecule has 18 heavy (non-hydrogen) atoms. The zero-order valence-corrected chi connectivity index (χ0v) is 10.5. The fourth-order valence-corrected chi connectivity index (χ4v) is 2.49. The quantitative estimate of drug-likeness (QED) is 0.769. The number of carboxylic acid groups (broad SMARTS) is 1. The second-order valence-corrected chi connectivity index (χ2v) is 4.94. The lowest BCUT2D eigenvalue weighted by atomic mass is 9.92. The Morgan fingerprint density at radius 1 is 1.33 bits per heavy atom. The largest absolute Gasteiger partial charge is 0.478 e. The number of carboxylic acids is 1. The summed E-state index contributed by atoms with van der Waals surface area (Å²) in [5, 5.41) is 22.1. The van der Waals surface area contributed by atoms with Crippen molar-refractivity contribution in [3.05, 3.63) is 29.3 Å². The molecule has 0 saturated heterocycles. The second-order valence-electron chi connectivity index (χ2n) is 4.94. The molecule has 1 aliphatic rings. The molecule has 1 aliphatic carbocycles. The number of nitrogens with one attached hydrogen (secondary N) is 1. The van der Waals surface area contributed by atoms with Gasteiger partial charge in [-0.2, -0.15) is 0 Å². The molecule has 0 spiro atoms. The Kier molecular flexibility index (Phi) is 3.87. The molecule has 2 rings (SSSR count). The van der Waals surface area contributed by atoms with Crippen LogP contribution < -0.4 is 5.32 Å². The second kappa shape index (κ2) is 5.40. The number of anilines is 1. The highest BCUT2D eigenvalue weighted by Gasteiger charge is 2.22. The van der Waals surface area contributed by atoms with Crippen molar-refractivity contribution in [3.8, 4) is 0 Å². The maximum atomic E-state index is 10.9. The third kappa shape index (κ3) is 2.82. The number of carbonyl (C=O) groups is 1. The molecule has 0 radical (unpaired) electrons. The van der Waals surface area contributed by atoms with E-state index in [9.17, 15) is 9.90 Å². The Bertz CT molecular complexity index is 445. The van der Waals surface area contributed by atoms with E-state index in [1.165, 1.54) is 0 Å². The first-order valence-corrected chi connectivity index (χ1v) is 6.36. The number of rotatable bonds is 3. The lowest BCUT2D eigenvalue weighted by Gasteiger charge is -2.29. The molecule has 1 aromatic rings.